The van der Waals surface area contributed by atoms with Crippen LogP contribution in [0.15, 0.2) is 53.6 Å². The van der Waals surface area contributed by atoms with Gasteiger partial charge in [0.15, 0.2) is 5.65 Å². The number of hydrogen-bond donors (Lipinski definition) is 2. The van der Waals surface area contributed by atoms with Gasteiger partial charge in [-0.05, 0) is 36.1 Å². The van der Waals surface area contributed by atoms with Gasteiger partial charge in [-0.15, -0.1) is 0 Å². The van der Waals surface area contributed by atoms with Crippen molar-refractivity contribution in [2.75, 3.05) is 0 Å². The van der Waals surface area contributed by atoms with Crippen molar-refractivity contribution in [3.05, 3.63) is 70.5 Å². The number of aromatic nitrogens is 4. The lowest BCUT2D eigenvalue weighted by Crippen LogP contribution is -2.48. The number of nitrogens with zero attached hydrogens (tertiary/aromatic N) is 3. The molecule has 0 fully saturated rings. The maximum absolute atomic E-state index is 13.4. The van der Waals surface area contributed by atoms with E-state index in [1.807, 2.05) is 30.5 Å². The van der Waals surface area contributed by atoms with Crippen molar-refractivity contribution in [3.8, 4) is 0 Å². The Kier molecular flexibility index (Phi) is 4.38. The molecule has 4 heterocycles. The summed E-state index contributed by atoms with van der Waals surface area (Å²) in [6, 6.07) is 10.4. The standard InChI is InChI=1S/C23H23N5O2/c1-13(2)10-18-21-27-20-16(7-5-9-24-20)23(30)28(21)19(22(29)26-18)11-14-12-25-17-8-4-3-6-15(14)17/h3-9,12-13,18-19,25H,10-11H2,1-2H3,(H,26,29)/t18-,19+/m0/s1. The molecule has 7 nitrogen and oxygen atoms in total. The van der Waals surface area contributed by atoms with Gasteiger partial charge in [0.2, 0.25) is 5.91 Å². The summed E-state index contributed by atoms with van der Waals surface area (Å²) < 4.78 is 1.59. The van der Waals surface area contributed by atoms with Gasteiger partial charge in [0.1, 0.15) is 11.9 Å². The highest BCUT2D eigenvalue weighted by Gasteiger charge is 2.36. The molecule has 2 N–H and O–H groups in total. The Labute approximate surface area is 173 Å². The van der Waals surface area contributed by atoms with Gasteiger partial charge in [-0.3, -0.25) is 14.2 Å². The van der Waals surface area contributed by atoms with Crippen LogP contribution in [0.1, 0.15) is 43.7 Å². The first kappa shape index (κ1) is 18.5. The van der Waals surface area contributed by atoms with Gasteiger partial charge < -0.3 is 10.3 Å². The summed E-state index contributed by atoms with van der Waals surface area (Å²) in [5, 5.41) is 4.60. The average Bonchev–Trinajstić information content (AvgIpc) is 3.14. The smallest absolute Gasteiger partial charge is 0.263 e. The van der Waals surface area contributed by atoms with Crippen molar-refractivity contribution in [2.24, 2.45) is 5.92 Å². The normalized spacial score (nSPS) is 18.7. The first-order valence-electron chi connectivity index (χ1n) is 10.3. The molecule has 2 atom stereocenters. The van der Waals surface area contributed by atoms with Gasteiger partial charge in [-0.25, -0.2) is 9.97 Å². The molecule has 0 saturated heterocycles. The molecule has 4 aromatic rings. The van der Waals surface area contributed by atoms with E-state index in [9.17, 15) is 9.59 Å². The van der Waals surface area contributed by atoms with Gasteiger partial charge >= 0.3 is 0 Å². The lowest BCUT2D eigenvalue weighted by molar-refractivity contribution is -0.126. The van der Waals surface area contributed by atoms with Crippen molar-refractivity contribution in [3.63, 3.8) is 0 Å². The fourth-order valence-electron chi connectivity index (χ4n) is 4.37. The van der Waals surface area contributed by atoms with E-state index in [0.717, 1.165) is 16.5 Å². The minimum absolute atomic E-state index is 0.148. The number of pyridine rings is 1. The number of aromatic amines is 1. The monoisotopic (exact) mass is 401 g/mol. The van der Waals surface area contributed by atoms with Crippen LogP contribution in [-0.2, 0) is 11.2 Å². The fourth-order valence-corrected chi connectivity index (χ4v) is 4.37. The third-order valence-corrected chi connectivity index (χ3v) is 5.74. The van der Waals surface area contributed by atoms with Crippen LogP contribution in [-0.4, -0.2) is 25.4 Å². The number of H-pyrrole nitrogens is 1. The number of benzene rings is 1. The molecule has 1 aromatic carbocycles. The summed E-state index contributed by atoms with van der Waals surface area (Å²) in [5.74, 6) is 0.778. The number of carbonyl (C=O) groups excluding carboxylic acids is 1. The molecule has 1 amide bonds. The third-order valence-electron chi connectivity index (χ3n) is 5.74. The number of nitrogens with one attached hydrogen (secondary N) is 2. The predicted molar refractivity (Wildman–Crippen MR) is 115 cm³/mol. The van der Waals surface area contributed by atoms with Crippen LogP contribution in [0.2, 0.25) is 0 Å². The molecule has 0 unspecified atom stereocenters. The van der Waals surface area contributed by atoms with Crippen LogP contribution in [0.5, 0.6) is 0 Å². The van der Waals surface area contributed by atoms with Crippen LogP contribution in [0.25, 0.3) is 21.9 Å². The molecule has 0 aliphatic carbocycles. The second-order valence-electron chi connectivity index (χ2n) is 8.29. The fraction of sp³-hybridized carbons (Fsp3) is 0.304. The second-order valence-corrected chi connectivity index (χ2v) is 8.29. The highest BCUT2D eigenvalue weighted by atomic mass is 16.2. The lowest BCUT2D eigenvalue weighted by atomic mass is 9.96. The van der Waals surface area contributed by atoms with E-state index in [-0.39, 0.29) is 17.5 Å². The summed E-state index contributed by atoms with van der Waals surface area (Å²) in [6.07, 6.45) is 4.66. The van der Waals surface area contributed by atoms with Gasteiger partial charge in [-0.1, -0.05) is 32.0 Å². The molecule has 30 heavy (non-hydrogen) atoms. The first-order valence-corrected chi connectivity index (χ1v) is 10.3. The van der Waals surface area contributed by atoms with Crippen molar-refractivity contribution in [1.82, 2.24) is 24.8 Å². The SMILES string of the molecule is CC(C)C[C@@H]1NC(=O)[C@@H](Cc2c[nH]c3ccccc23)n2c1nc1ncccc1c2=O. The Hall–Kier alpha value is -3.48. The number of hydrogen-bond acceptors (Lipinski definition) is 4. The maximum atomic E-state index is 13.4. The van der Waals surface area contributed by atoms with Gasteiger partial charge in [0.05, 0.1) is 11.4 Å². The van der Waals surface area contributed by atoms with E-state index < -0.39 is 6.04 Å². The predicted octanol–water partition coefficient (Wildman–Crippen LogP) is 3.27. The zero-order valence-corrected chi connectivity index (χ0v) is 16.9. The molecule has 1 aliphatic rings. The number of amides is 1. The lowest BCUT2D eigenvalue weighted by Gasteiger charge is -2.33. The van der Waals surface area contributed by atoms with E-state index in [1.54, 1.807) is 22.9 Å². The Morgan fingerprint density at radius 3 is 2.73 bits per heavy atom. The molecular weight excluding hydrogens is 378 g/mol. The molecule has 0 saturated carbocycles. The highest BCUT2D eigenvalue weighted by Crippen LogP contribution is 2.30. The molecule has 152 valence electrons. The van der Waals surface area contributed by atoms with Crippen LogP contribution in [0.4, 0.5) is 0 Å². The van der Waals surface area contributed by atoms with E-state index in [0.29, 0.717) is 35.6 Å². The van der Waals surface area contributed by atoms with E-state index in [2.05, 4.69) is 29.1 Å². The topological polar surface area (TPSA) is 92.7 Å². The van der Waals surface area contributed by atoms with Crippen LogP contribution in [0, 0.1) is 5.92 Å². The highest BCUT2D eigenvalue weighted by molar-refractivity contribution is 5.86. The zero-order chi connectivity index (χ0) is 20.8. The summed E-state index contributed by atoms with van der Waals surface area (Å²) in [5.41, 5.74) is 2.22. The Balaban J connectivity index is 1.68. The second kappa shape index (κ2) is 7.09. The third kappa shape index (κ3) is 2.98. The minimum Gasteiger partial charge on any atom is -0.361 e. The number of fused-ring (bicyclic) bond motifs is 3. The van der Waals surface area contributed by atoms with Crippen molar-refractivity contribution >= 4 is 27.8 Å². The average molecular weight is 401 g/mol. The van der Waals surface area contributed by atoms with Crippen LogP contribution >= 0.6 is 0 Å². The summed E-state index contributed by atoms with van der Waals surface area (Å²) >= 11 is 0. The molecule has 5 rings (SSSR count). The Bertz CT molecular complexity index is 1320. The Morgan fingerprint density at radius 1 is 1.10 bits per heavy atom. The summed E-state index contributed by atoms with van der Waals surface area (Å²) in [6.45, 7) is 4.18. The van der Waals surface area contributed by atoms with Crippen LogP contribution < -0.4 is 10.9 Å². The maximum Gasteiger partial charge on any atom is 0.263 e. The van der Waals surface area contributed by atoms with E-state index in [4.69, 9.17) is 4.98 Å². The molecule has 0 spiro atoms. The Morgan fingerprint density at radius 2 is 1.90 bits per heavy atom. The van der Waals surface area contributed by atoms with Gasteiger partial charge in [0, 0.05) is 29.7 Å². The summed E-state index contributed by atoms with van der Waals surface area (Å²) in [4.78, 5) is 38.9. The first-order chi connectivity index (χ1) is 14.5. The van der Waals surface area contributed by atoms with Crippen molar-refractivity contribution in [2.45, 2.75) is 38.8 Å². The van der Waals surface area contributed by atoms with Gasteiger partial charge in [0.25, 0.3) is 5.56 Å². The quantitative estimate of drug-likeness (QED) is 0.549. The largest absolute Gasteiger partial charge is 0.361 e. The molecule has 0 radical (unpaired) electrons. The number of rotatable bonds is 4. The van der Waals surface area contributed by atoms with E-state index in [1.165, 1.54) is 0 Å². The minimum atomic E-state index is -0.660. The van der Waals surface area contributed by atoms with Crippen molar-refractivity contribution in [1.29, 1.82) is 0 Å². The molecule has 1 aliphatic heterocycles. The molecule has 7 heteroatoms. The van der Waals surface area contributed by atoms with Crippen LogP contribution in [0.3, 0.4) is 0 Å². The zero-order valence-electron chi connectivity index (χ0n) is 16.9. The molecule has 3 aromatic heterocycles. The van der Waals surface area contributed by atoms with Gasteiger partial charge in [-0.2, -0.15) is 0 Å². The van der Waals surface area contributed by atoms with Crippen molar-refractivity contribution < 1.29 is 4.79 Å². The number of para-hydroxylation sites is 1. The summed E-state index contributed by atoms with van der Waals surface area (Å²) in [7, 11) is 0. The van der Waals surface area contributed by atoms with E-state index >= 15 is 0 Å². The molecule has 0 bridgehead atoms. The molecular formula is C23H23N5O2. The number of carbonyl (C=O) groups is 1.